The van der Waals surface area contributed by atoms with Crippen LogP contribution in [0.5, 0.6) is 0 Å². The first-order chi connectivity index (χ1) is 7.58. The maximum atomic E-state index is 6.02. The van der Waals surface area contributed by atoms with E-state index in [-0.39, 0.29) is 12.2 Å². The third-order valence-electron chi connectivity index (χ3n) is 2.79. The summed E-state index contributed by atoms with van der Waals surface area (Å²) in [6.45, 7) is 5.86. The zero-order chi connectivity index (χ0) is 11.7. The number of hydrogen-bond donors (Lipinski definition) is 1. The van der Waals surface area contributed by atoms with Gasteiger partial charge in [0.05, 0.1) is 28.6 Å². The Bertz CT molecular complexity index is 373. The van der Waals surface area contributed by atoms with E-state index in [1.807, 2.05) is 18.2 Å². The molecule has 2 rings (SSSR count). The molecule has 0 saturated carbocycles. The SMILES string of the molecule is C[C@@H]1CN(c2cccc(Cl)c2N)C[C@H](C)O1. The quantitative estimate of drug-likeness (QED) is 0.767. The summed E-state index contributed by atoms with van der Waals surface area (Å²) in [5.74, 6) is 0. The number of anilines is 2. The van der Waals surface area contributed by atoms with Gasteiger partial charge in [-0.3, -0.25) is 0 Å². The first kappa shape index (κ1) is 11.6. The Morgan fingerprint density at radius 2 is 1.94 bits per heavy atom. The van der Waals surface area contributed by atoms with Gasteiger partial charge in [0.1, 0.15) is 0 Å². The molecule has 0 bridgehead atoms. The number of halogens is 1. The number of hydrogen-bond acceptors (Lipinski definition) is 3. The Balaban J connectivity index is 2.26. The monoisotopic (exact) mass is 240 g/mol. The number of nitrogens with zero attached hydrogens (tertiary/aromatic N) is 1. The van der Waals surface area contributed by atoms with Gasteiger partial charge >= 0.3 is 0 Å². The highest BCUT2D eigenvalue weighted by Gasteiger charge is 2.23. The van der Waals surface area contributed by atoms with Crippen LogP contribution < -0.4 is 10.6 Å². The largest absolute Gasteiger partial charge is 0.396 e. The van der Waals surface area contributed by atoms with Crippen molar-refractivity contribution in [2.24, 2.45) is 0 Å². The van der Waals surface area contributed by atoms with Crippen molar-refractivity contribution < 1.29 is 4.74 Å². The molecule has 0 unspecified atom stereocenters. The standard InChI is InChI=1S/C12H17ClN2O/c1-8-6-15(7-9(2)16-8)11-5-3-4-10(13)12(11)14/h3-5,8-9H,6-7,14H2,1-2H3/t8-,9+. The van der Waals surface area contributed by atoms with Gasteiger partial charge < -0.3 is 15.4 Å². The molecule has 3 nitrogen and oxygen atoms in total. The normalized spacial score (nSPS) is 25.8. The molecule has 16 heavy (non-hydrogen) atoms. The molecule has 1 fully saturated rings. The van der Waals surface area contributed by atoms with Crippen LogP contribution in [-0.4, -0.2) is 25.3 Å². The van der Waals surface area contributed by atoms with Gasteiger partial charge in [-0.25, -0.2) is 0 Å². The maximum absolute atomic E-state index is 6.02. The molecule has 2 atom stereocenters. The molecule has 4 heteroatoms. The Morgan fingerprint density at radius 1 is 1.31 bits per heavy atom. The zero-order valence-corrected chi connectivity index (χ0v) is 10.4. The second-order valence-electron chi connectivity index (χ2n) is 4.33. The number of benzene rings is 1. The van der Waals surface area contributed by atoms with E-state index in [1.165, 1.54) is 0 Å². The van der Waals surface area contributed by atoms with E-state index in [4.69, 9.17) is 22.1 Å². The lowest BCUT2D eigenvalue weighted by Crippen LogP contribution is -2.45. The van der Waals surface area contributed by atoms with Crippen molar-refractivity contribution in [1.82, 2.24) is 0 Å². The summed E-state index contributed by atoms with van der Waals surface area (Å²) in [4.78, 5) is 2.24. The summed E-state index contributed by atoms with van der Waals surface area (Å²) in [5.41, 5.74) is 7.66. The van der Waals surface area contributed by atoms with E-state index < -0.39 is 0 Å². The molecule has 0 amide bonds. The molecule has 0 spiro atoms. The molecule has 1 heterocycles. The van der Waals surface area contributed by atoms with Crippen molar-refractivity contribution in [1.29, 1.82) is 0 Å². The van der Waals surface area contributed by atoms with Crippen LogP contribution >= 0.6 is 11.6 Å². The number of nitrogens with two attached hydrogens (primary N) is 1. The predicted molar refractivity (Wildman–Crippen MR) is 68.1 cm³/mol. The van der Waals surface area contributed by atoms with Crippen LogP contribution in [-0.2, 0) is 4.74 Å². The minimum absolute atomic E-state index is 0.224. The van der Waals surface area contributed by atoms with Gasteiger partial charge in [0, 0.05) is 13.1 Å². The number of morpholine rings is 1. The van der Waals surface area contributed by atoms with Gasteiger partial charge in [-0.1, -0.05) is 17.7 Å². The Hall–Kier alpha value is -0.930. The van der Waals surface area contributed by atoms with Gasteiger partial charge in [0.25, 0.3) is 0 Å². The lowest BCUT2D eigenvalue weighted by molar-refractivity contribution is -0.00517. The average Bonchev–Trinajstić information content (AvgIpc) is 2.20. The van der Waals surface area contributed by atoms with E-state index in [1.54, 1.807) is 0 Å². The van der Waals surface area contributed by atoms with Crippen molar-refractivity contribution in [3.8, 4) is 0 Å². The van der Waals surface area contributed by atoms with E-state index in [0.29, 0.717) is 10.7 Å². The van der Waals surface area contributed by atoms with Gasteiger partial charge in [-0.05, 0) is 26.0 Å². The lowest BCUT2D eigenvalue weighted by atomic mass is 10.2. The van der Waals surface area contributed by atoms with Crippen molar-refractivity contribution in [2.75, 3.05) is 23.7 Å². The molecule has 0 aromatic heterocycles. The number of ether oxygens (including phenoxy) is 1. The topological polar surface area (TPSA) is 38.5 Å². The second-order valence-corrected chi connectivity index (χ2v) is 4.74. The van der Waals surface area contributed by atoms with Crippen LogP contribution in [0.1, 0.15) is 13.8 Å². The van der Waals surface area contributed by atoms with Gasteiger partial charge in [0.15, 0.2) is 0 Å². The molecule has 1 saturated heterocycles. The fourth-order valence-electron chi connectivity index (χ4n) is 2.18. The molecule has 1 aromatic rings. The molecule has 0 radical (unpaired) electrons. The minimum Gasteiger partial charge on any atom is -0.396 e. The Morgan fingerprint density at radius 3 is 2.56 bits per heavy atom. The van der Waals surface area contributed by atoms with E-state index in [0.717, 1.165) is 18.8 Å². The fraction of sp³-hybridized carbons (Fsp3) is 0.500. The second kappa shape index (κ2) is 4.52. The molecule has 2 N–H and O–H groups in total. The summed E-state index contributed by atoms with van der Waals surface area (Å²) in [5, 5.41) is 0.615. The van der Waals surface area contributed by atoms with Crippen LogP contribution in [0.2, 0.25) is 5.02 Å². The third kappa shape index (κ3) is 2.25. The molecule has 1 aliphatic heterocycles. The van der Waals surface area contributed by atoms with E-state index >= 15 is 0 Å². The van der Waals surface area contributed by atoms with Crippen molar-refractivity contribution in [2.45, 2.75) is 26.1 Å². The lowest BCUT2D eigenvalue weighted by Gasteiger charge is -2.37. The zero-order valence-electron chi connectivity index (χ0n) is 9.61. The van der Waals surface area contributed by atoms with Gasteiger partial charge in [-0.15, -0.1) is 0 Å². The number of nitrogen functional groups attached to an aromatic ring is 1. The van der Waals surface area contributed by atoms with Crippen molar-refractivity contribution >= 4 is 23.0 Å². The smallest absolute Gasteiger partial charge is 0.0741 e. The fourth-order valence-corrected chi connectivity index (χ4v) is 2.35. The summed E-state index contributed by atoms with van der Waals surface area (Å²) < 4.78 is 5.69. The summed E-state index contributed by atoms with van der Waals surface area (Å²) >= 11 is 6.02. The first-order valence-corrected chi connectivity index (χ1v) is 5.90. The van der Waals surface area contributed by atoms with Gasteiger partial charge in [0.2, 0.25) is 0 Å². The van der Waals surface area contributed by atoms with E-state index in [9.17, 15) is 0 Å². The first-order valence-electron chi connectivity index (χ1n) is 5.52. The highest BCUT2D eigenvalue weighted by molar-refractivity contribution is 6.33. The number of rotatable bonds is 1. The summed E-state index contributed by atoms with van der Waals surface area (Å²) in [7, 11) is 0. The Kier molecular flexibility index (Phi) is 3.26. The summed E-state index contributed by atoms with van der Waals surface area (Å²) in [6.07, 6.45) is 0.448. The molecule has 0 aliphatic carbocycles. The minimum atomic E-state index is 0.224. The summed E-state index contributed by atoms with van der Waals surface area (Å²) in [6, 6.07) is 5.75. The van der Waals surface area contributed by atoms with Crippen molar-refractivity contribution in [3.63, 3.8) is 0 Å². The average molecular weight is 241 g/mol. The van der Waals surface area contributed by atoms with Crippen LogP contribution in [0.3, 0.4) is 0 Å². The number of para-hydroxylation sites is 1. The maximum Gasteiger partial charge on any atom is 0.0741 e. The van der Waals surface area contributed by atoms with Gasteiger partial charge in [-0.2, -0.15) is 0 Å². The highest BCUT2D eigenvalue weighted by atomic mass is 35.5. The highest BCUT2D eigenvalue weighted by Crippen LogP contribution is 2.31. The molecule has 88 valence electrons. The molecule has 1 aromatic carbocycles. The molecule has 1 aliphatic rings. The van der Waals surface area contributed by atoms with Crippen molar-refractivity contribution in [3.05, 3.63) is 23.2 Å². The molecular formula is C12H17ClN2O. The van der Waals surface area contributed by atoms with Crippen LogP contribution in [0.4, 0.5) is 11.4 Å². The van der Waals surface area contributed by atoms with Crippen LogP contribution in [0, 0.1) is 0 Å². The van der Waals surface area contributed by atoms with E-state index in [2.05, 4.69) is 18.7 Å². The van der Waals surface area contributed by atoms with Crippen LogP contribution in [0.15, 0.2) is 18.2 Å². The van der Waals surface area contributed by atoms with Crippen LogP contribution in [0.25, 0.3) is 0 Å². The Labute approximate surface area is 101 Å². The molecular weight excluding hydrogens is 224 g/mol. The predicted octanol–water partition coefficient (Wildman–Crippen LogP) is 2.54. The third-order valence-corrected chi connectivity index (χ3v) is 3.12.